The van der Waals surface area contributed by atoms with Gasteiger partial charge in [-0.2, -0.15) is 11.8 Å². The third kappa shape index (κ3) is 2.66. The van der Waals surface area contributed by atoms with Crippen LogP contribution in [0.3, 0.4) is 0 Å². The maximum atomic E-state index is 12.6. The molecule has 5 unspecified atom stereocenters. The number of amides is 1. The number of nitrogens with two attached hydrogens (primary N) is 1. The van der Waals surface area contributed by atoms with Crippen molar-refractivity contribution in [3.63, 3.8) is 0 Å². The lowest BCUT2D eigenvalue weighted by molar-refractivity contribution is -0.129. The molecule has 0 radical (unpaired) electrons. The van der Waals surface area contributed by atoms with Gasteiger partial charge in [0.25, 0.3) is 0 Å². The molecule has 0 aliphatic heterocycles. The van der Waals surface area contributed by atoms with Crippen LogP contribution in [0.5, 0.6) is 0 Å². The Labute approximate surface area is 165 Å². The van der Waals surface area contributed by atoms with E-state index in [2.05, 4.69) is 60.7 Å². The predicted octanol–water partition coefficient (Wildman–Crippen LogP) is 4.78. The van der Waals surface area contributed by atoms with E-state index in [1.165, 1.54) is 17.5 Å². The summed E-state index contributed by atoms with van der Waals surface area (Å²) >= 11 is 2.03. The number of carbonyl (C=O) groups is 1. The molecule has 27 heavy (non-hydrogen) atoms. The van der Waals surface area contributed by atoms with Gasteiger partial charge >= 0.3 is 0 Å². The van der Waals surface area contributed by atoms with Gasteiger partial charge in [0.1, 0.15) is 0 Å². The molecule has 0 spiro atoms. The number of rotatable bonds is 6. The van der Waals surface area contributed by atoms with E-state index in [4.69, 9.17) is 5.73 Å². The van der Waals surface area contributed by atoms with E-state index in [0.29, 0.717) is 17.8 Å². The average molecular weight is 378 g/mol. The molecule has 5 atom stereocenters. The minimum absolute atomic E-state index is 0.0365. The molecule has 2 aromatic rings. The maximum absolute atomic E-state index is 12.6. The maximum Gasteiger partial charge on any atom is 0.223 e. The second-order valence-corrected chi connectivity index (χ2v) is 10.0. The second-order valence-electron chi connectivity index (χ2n) is 8.99. The molecule has 6 rings (SSSR count). The van der Waals surface area contributed by atoms with Gasteiger partial charge in [0.2, 0.25) is 5.91 Å². The first-order valence-electron chi connectivity index (χ1n) is 10.1. The normalized spacial score (nSPS) is 36.2. The molecule has 4 aliphatic rings. The Kier molecular flexibility index (Phi) is 4.12. The Balaban J connectivity index is 1.37. The van der Waals surface area contributed by atoms with E-state index < -0.39 is 0 Å². The number of thioether (sulfide) groups is 1. The molecule has 4 saturated carbocycles. The summed E-state index contributed by atoms with van der Waals surface area (Å²) in [5, 5.41) is 0. The smallest absolute Gasteiger partial charge is 0.223 e. The third-order valence-electron chi connectivity index (χ3n) is 7.67. The van der Waals surface area contributed by atoms with Crippen LogP contribution < -0.4 is 5.73 Å². The molecule has 4 aliphatic carbocycles. The van der Waals surface area contributed by atoms with Crippen molar-refractivity contribution < 1.29 is 4.79 Å². The van der Waals surface area contributed by atoms with Gasteiger partial charge in [0.15, 0.2) is 0 Å². The van der Waals surface area contributed by atoms with Gasteiger partial charge < -0.3 is 5.73 Å². The Bertz CT molecular complexity index is 838. The highest BCUT2D eigenvalue weighted by Crippen LogP contribution is 2.72. The quantitative estimate of drug-likeness (QED) is 0.787. The van der Waals surface area contributed by atoms with Crippen LogP contribution in [-0.4, -0.2) is 11.7 Å². The van der Waals surface area contributed by atoms with E-state index in [1.54, 1.807) is 0 Å². The summed E-state index contributed by atoms with van der Waals surface area (Å²) in [7, 11) is 0. The van der Waals surface area contributed by atoms with Gasteiger partial charge in [-0.3, -0.25) is 4.79 Å². The Morgan fingerprint density at radius 2 is 1.70 bits per heavy atom. The van der Waals surface area contributed by atoms with Crippen molar-refractivity contribution in [3.8, 4) is 0 Å². The summed E-state index contributed by atoms with van der Waals surface area (Å²) < 4.78 is 0. The van der Waals surface area contributed by atoms with E-state index in [0.717, 1.165) is 30.8 Å². The third-order valence-corrected chi connectivity index (χ3v) is 8.83. The molecule has 140 valence electrons. The number of benzene rings is 2. The second kappa shape index (κ2) is 6.41. The minimum Gasteiger partial charge on any atom is -0.369 e. The summed E-state index contributed by atoms with van der Waals surface area (Å²) in [6.07, 6.45) is 4.38. The molecular weight excluding hydrogens is 350 g/mol. The van der Waals surface area contributed by atoms with Gasteiger partial charge in [0.05, 0.1) is 5.41 Å². The Morgan fingerprint density at radius 3 is 2.41 bits per heavy atom. The lowest BCUT2D eigenvalue weighted by Crippen LogP contribution is -2.41. The van der Waals surface area contributed by atoms with Crippen LogP contribution in [0, 0.1) is 23.2 Å². The van der Waals surface area contributed by atoms with E-state index in [9.17, 15) is 4.79 Å². The fraction of sp³-hybridized carbons (Fsp3) is 0.458. The van der Waals surface area contributed by atoms with Crippen LogP contribution in [0.1, 0.15) is 36.8 Å². The van der Waals surface area contributed by atoms with Gasteiger partial charge in [-0.15, -0.1) is 0 Å². The monoisotopic (exact) mass is 377 g/mol. The van der Waals surface area contributed by atoms with Crippen molar-refractivity contribution in [2.75, 3.05) is 5.75 Å². The van der Waals surface area contributed by atoms with Crippen molar-refractivity contribution >= 4 is 17.7 Å². The van der Waals surface area contributed by atoms with E-state index in [-0.39, 0.29) is 16.7 Å². The molecule has 2 nitrogen and oxygen atoms in total. The van der Waals surface area contributed by atoms with Crippen molar-refractivity contribution in [2.45, 2.75) is 36.9 Å². The van der Waals surface area contributed by atoms with Crippen molar-refractivity contribution in [1.29, 1.82) is 0 Å². The van der Waals surface area contributed by atoms with Crippen LogP contribution in [0.25, 0.3) is 0 Å². The van der Waals surface area contributed by atoms with Crippen LogP contribution in [-0.2, 0) is 16.0 Å². The van der Waals surface area contributed by atoms with Crippen molar-refractivity contribution in [2.24, 2.45) is 28.9 Å². The Morgan fingerprint density at radius 1 is 1.00 bits per heavy atom. The molecule has 4 bridgehead atoms. The topological polar surface area (TPSA) is 43.1 Å². The van der Waals surface area contributed by atoms with Crippen molar-refractivity contribution in [1.82, 2.24) is 0 Å². The van der Waals surface area contributed by atoms with Crippen LogP contribution in [0.15, 0.2) is 60.7 Å². The number of hydrogen-bond acceptors (Lipinski definition) is 2. The van der Waals surface area contributed by atoms with Crippen LogP contribution >= 0.6 is 11.8 Å². The van der Waals surface area contributed by atoms with E-state index in [1.807, 2.05) is 11.8 Å². The summed E-state index contributed by atoms with van der Waals surface area (Å²) in [5.74, 6) is 3.94. The SMILES string of the molecule is NC(=O)C12CC3CC(c4ccccc4)(CC1C3CSCc1ccccc1)C2. The van der Waals surface area contributed by atoms with Crippen LogP contribution in [0.4, 0.5) is 0 Å². The molecule has 2 aromatic carbocycles. The number of hydrogen-bond donors (Lipinski definition) is 1. The van der Waals surface area contributed by atoms with E-state index >= 15 is 0 Å². The molecule has 0 saturated heterocycles. The van der Waals surface area contributed by atoms with Gasteiger partial charge in [-0.1, -0.05) is 60.7 Å². The summed E-state index contributed by atoms with van der Waals surface area (Å²) in [4.78, 5) is 12.6. The first-order chi connectivity index (χ1) is 13.1. The number of carbonyl (C=O) groups excluding carboxylic acids is 1. The standard InChI is InChI=1S/C24H27NOS/c25-22(26)24-12-18-11-23(16-24,19-9-5-2-6-10-19)13-21(24)20(18)15-27-14-17-7-3-1-4-8-17/h1-10,18,20-21H,11-16H2,(H2,25,26). The first-order valence-corrected chi connectivity index (χ1v) is 11.3. The lowest BCUT2D eigenvalue weighted by atomic mass is 9.62. The minimum atomic E-state index is -0.253. The zero-order chi connectivity index (χ0) is 18.5. The predicted molar refractivity (Wildman–Crippen MR) is 111 cm³/mol. The summed E-state index contributed by atoms with van der Waals surface area (Å²) in [6.45, 7) is 0. The molecule has 3 heteroatoms. The van der Waals surface area contributed by atoms with Gasteiger partial charge in [-0.05, 0) is 65.7 Å². The summed E-state index contributed by atoms with van der Waals surface area (Å²) in [6, 6.07) is 21.6. The fourth-order valence-corrected chi connectivity index (χ4v) is 8.00. The highest BCUT2D eigenvalue weighted by Gasteiger charge is 2.70. The molecule has 0 heterocycles. The Hall–Kier alpha value is -1.74. The largest absolute Gasteiger partial charge is 0.369 e. The fourth-order valence-electron chi connectivity index (χ4n) is 6.68. The molecule has 1 amide bonds. The van der Waals surface area contributed by atoms with Gasteiger partial charge in [-0.25, -0.2) is 0 Å². The molecule has 0 aromatic heterocycles. The molecule has 4 fully saturated rings. The number of primary amides is 1. The lowest BCUT2D eigenvalue weighted by Gasteiger charge is -2.42. The van der Waals surface area contributed by atoms with Gasteiger partial charge in [0, 0.05) is 5.75 Å². The summed E-state index contributed by atoms with van der Waals surface area (Å²) in [5.41, 5.74) is 8.78. The highest BCUT2D eigenvalue weighted by molar-refractivity contribution is 7.98. The van der Waals surface area contributed by atoms with Crippen molar-refractivity contribution in [3.05, 3.63) is 71.8 Å². The molecular formula is C24H27NOS. The molecule has 2 N–H and O–H groups in total. The highest BCUT2D eigenvalue weighted by atomic mass is 32.2. The zero-order valence-corrected chi connectivity index (χ0v) is 16.5. The van der Waals surface area contributed by atoms with Crippen LogP contribution in [0.2, 0.25) is 0 Å². The average Bonchev–Trinajstić information content (AvgIpc) is 3.07. The first kappa shape index (κ1) is 17.4. The zero-order valence-electron chi connectivity index (χ0n) is 15.6.